The number of morpholine rings is 1. The highest BCUT2D eigenvalue weighted by Gasteiger charge is 2.29. The van der Waals surface area contributed by atoms with Gasteiger partial charge in [0.25, 0.3) is 0 Å². The third kappa shape index (κ3) is 3.43. The van der Waals surface area contributed by atoms with Crippen molar-refractivity contribution in [3.8, 4) is 6.07 Å². The van der Waals surface area contributed by atoms with Gasteiger partial charge in [0.05, 0.1) is 25.9 Å². The van der Waals surface area contributed by atoms with E-state index in [9.17, 15) is 0 Å². The average molecular weight is 214 g/mol. The monoisotopic (exact) mass is 214 g/mol. The van der Waals surface area contributed by atoms with Gasteiger partial charge < -0.3 is 14.9 Å². The summed E-state index contributed by atoms with van der Waals surface area (Å²) < 4.78 is 5.21. The number of nitriles is 1. The molecule has 1 rings (SSSR count). The molecule has 0 amide bonds. The van der Waals surface area contributed by atoms with Crippen molar-refractivity contribution in [1.29, 1.82) is 5.26 Å². The third-order valence-electron chi connectivity index (χ3n) is 2.66. The highest BCUT2D eigenvalue weighted by Crippen LogP contribution is 2.18. The minimum absolute atomic E-state index is 0.0575. The van der Waals surface area contributed by atoms with Gasteiger partial charge in [-0.05, 0) is 0 Å². The molecular weight excluding hydrogens is 196 g/mol. The molecule has 1 fully saturated rings. The smallest absolute Gasteiger partial charge is 0.156 e. The van der Waals surface area contributed by atoms with Crippen molar-refractivity contribution >= 4 is 0 Å². The summed E-state index contributed by atoms with van der Waals surface area (Å²) in [5.41, 5.74) is -0.503. The highest BCUT2D eigenvalue weighted by atomic mass is 16.5. The molecule has 1 aliphatic heterocycles. The molecule has 86 valence electrons. The third-order valence-corrected chi connectivity index (χ3v) is 2.66. The fourth-order valence-electron chi connectivity index (χ4n) is 1.61. The van der Waals surface area contributed by atoms with Crippen LogP contribution in [-0.2, 0) is 4.74 Å². The van der Waals surface area contributed by atoms with Gasteiger partial charge in [-0.15, -0.1) is 0 Å². The maximum absolute atomic E-state index is 9.16. The van der Waals surface area contributed by atoms with E-state index < -0.39 is 5.41 Å². The quantitative estimate of drug-likeness (QED) is 0.641. The van der Waals surface area contributed by atoms with Gasteiger partial charge in [-0.2, -0.15) is 5.26 Å². The van der Waals surface area contributed by atoms with Crippen molar-refractivity contribution in [2.75, 3.05) is 39.5 Å². The second-order valence-corrected chi connectivity index (χ2v) is 4.35. The SMILES string of the molecule is CC(CO)(CO)CN1CCOC(C#N)C1. The first-order valence-corrected chi connectivity index (χ1v) is 5.09. The van der Waals surface area contributed by atoms with Crippen molar-refractivity contribution in [3.63, 3.8) is 0 Å². The average Bonchev–Trinajstić information content (AvgIpc) is 2.29. The Hall–Kier alpha value is -0.670. The molecule has 15 heavy (non-hydrogen) atoms. The minimum Gasteiger partial charge on any atom is -0.396 e. The zero-order valence-corrected chi connectivity index (χ0v) is 9.02. The molecule has 0 saturated carbocycles. The van der Waals surface area contributed by atoms with E-state index in [1.807, 2.05) is 11.8 Å². The summed E-state index contributed by atoms with van der Waals surface area (Å²) in [6, 6.07) is 2.07. The van der Waals surface area contributed by atoms with Crippen LogP contribution in [0.15, 0.2) is 0 Å². The van der Waals surface area contributed by atoms with E-state index in [1.165, 1.54) is 0 Å². The molecular formula is C10H18N2O3. The van der Waals surface area contributed by atoms with Crippen LogP contribution in [0.2, 0.25) is 0 Å². The molecule has 0 aromatic rings. The lowest BCUT2D eigenvalue weighted by atomic mass is 9.92. The van der Waals surface area contributed by atoms with Crippen LogP contribution in [-0.4, -0.2) is 60.7 Å². The van der Waals surface area contributed by atoms with E-state index in [2.05, 4.69) is 6.07 Å². The minimum atomic E-state index is -0.503. The fraction of sp³-hybridized carbons (Fsp3) is 0.900. The lowest BCUT2D eigenvalue weighted by Crippen LogP contribution is -2.48. The summed E-state index contributed by atoms with van der Waals surface area (Å²) >= 11 is 0. The highest BCUT2D eigenvalue weighted by molar-refractivity contribution is 4.90. The Morgan fingerprint density at radius 3 is 2.73 bits per heavy atom. The Bertz CT molecular complexity index is 235. The number of rotatable bonds is 4. The van der Waals surface area contributed by atoms with Crippen molar-refractivity contribution in [1.82, 2.24) is 4.90 Å². The number of aliphatic hydroxyl groups is 2. The van der Waals surface area contributed by atoms with E-state index in [-0.39, 0.29) is 19.3 Å². The number of ether oxygens (including phenoxy) is 1. The van der Waals surface area contributed by atoms with Gasteiger partial charge in [-0.3, -0.25) is 4.90 Å². The molecule has 0 spiro atoms. The van der Waals surface area contributed by atoms with Crippen LogP contribution in [0.1, 0.15) is 6.92 Å². The first-order chi connectivity index (χ1) is 7.13. The topological polar surface area (TPSA) is 76.7 Å². The van der Waals surface area contributed by atoms with Crippen molar-refractivity contribution in [3.05, 3.63) is 0 Å². The van der Waals surface area contributed by atoms with E-state index in [0.29, 0.717) is 19.7 Å². The van der Waals surface area contributed by atoms with Crippen molar-refractivity contribution in [2.24, 2.45) is 5.41 Å². The summed E-state index contributed by atoms with van der Waals surface area (Å²) in [4.78, 5) is 2.05. The van der Waals surface area contributed by atoms with Crippen LogP contribution in [0.25, 0.3) is 0 Å². The van der Waals surface area contributed by atoms with Gasteiger partial charge in [-0.1, -0.05) is 6.92 Å². The van der Waals surface area contributed by atoms with Crippen LogP contribution in [0.5, 0.6) is 0 Å². The summed E-state index contributed by atoms with van der Waals surface area (Å²) in [5.74, 6) is 0. The van der Waals surface area contributed by atoms with Crippen LogP contribution in [0.4, 0.5) is 0 Å². The molecule has 5 nitrogen and oxygen atoms in total. The van der Waals surface area contributed by atoms with E-state index in [0.717, 1.165) is 6.54 Å². The van der Waals surface area contributed by atoms with Gasteiger partial charge in [0.2, 0.25) is 0 Å². The molecule has 0 aliphatic carbocycles. The molecule has 0 aromatic heterocycles. The summed E-state index contributed by atoms with van der Waals surface area (Å²) in [7, 11) is 0. The summed E-state index contributed by atoms with van der Waals surface area (Å²) in [5, 5.41) is 27.0. The molecule has 0 aromatic carbocycles. The molecule has 1 atom stereocenters. The van der Waals surface area contributed by atoms with Crippen LogP contribution in [0.3, 0.4) is 0 Å². The largest absolute Gasteiger partial charge is 0.396 e. The first-order valence-electron chi connectivity index (χ1n) is 5.09. The Labute approximate surface area is 89.9 Å². The number of hydrogen-bond donors (Lipinski definition) is 2. The Balaban J connectivity index is 2.47. The second-order valence-electron chi connectivity index (χ2n) is 4.35. The van der Waals surface area contributed by atoms with Gasteiger partial charge in [0.15, 0.2) is 6.10 Å². The second kappa shape index (κ2) is 5.42. The van der Waals surface area contributed by atoms with Gasteiger partial charge in [0.1, 0.15) is 0 Å². The molecule has 0 bridgehead atoms. The normalized spacial score (nSPS) is 23.7. The molecule has 0 radical (unpaired) electrons. The van der Waals surface area contributed by atoms with Crippen molar-refractivity contribution in [2.45, 2.75) is 13.0 Å². The van der Waals surface area contributed by atoms with E-state index in [1.54, 1.807) is 0 Å². The maximum Gasteiger partial charge on any atom is 0.156 e. The molecule has 1 heterocycles. The first kappa shape index (κ1) is 12.4. The molecule has 1 saturated heterocycles. The lowest BCUT2D eigenvalue weighted by Gasteiger charge is -2.36. The number of aliphatic hydroxyl groups excluding tert-OH is 2. The Kier molecular flexibility index (Phi) is 4.48. The molecule has 5 heteroatoms. The zero-order valence-electron chi connectivity index (χ0n) is 9.02. The Morgan fingerprint density at radius 2 is 2.20 bits per heavy atom. The lowest BCUT2D eigenvalue weighted by molar-refractivity contribution is -0.0330. The van der Waals surface area contributed by atoms with Crippen LogP contribution in [0, 0.1) is 16.7 Å². The molecule has 1 aliphatic rings. The van der Waals surface area contributed by atoms with Gasteiger partial charge in [0, 0.05) is 25.0 Å². The van der Waals surface area contributed by atoms with Gasteiger partial charge >= 0.3 is 0 Å². The standard InChI is InChI=1S/C10H18N2O3/c1-10(7-13,8-14)6-12-2-3-15-9(4-11)5-12/h9,13-14H,2-3,5-8H2,1H3. The van der Waals surface area contributed by atoms with Crippen LogP contribution >= 0.6 is 0 Å². The van der Waals surface area contributed by atoms with Crippen molar-refractivity contribution < 1.29 is 14.9 Å². The molecule has 2 N–H and O–H groups in total. The summed E-state index contributed by atoms with van der Waals surface area (Å²) in [6.45, 7) is 4.12. The predicted octanol–water partition coefficient (Wildman–Crippen LogP) is -0.798. The fourth-order valence-corrected chi connectivity index (χ4v) is 1.61. The van der Waals surface area contributed by atoms with Gasteiger partial charge in [-0.25, -0.2) is 0 Å². The zero-order chi connectivity index (χ0) is 11.3. The predicted molar refractivity (Wildman–Crippen MR) is 54.1 cm³/mol. The maximum atomic E-state index is 9.16. The van der Waals surface area contributed by atoms with E-state index >= 15 is 0 Å². The number of nitrogens with zero attached hydrogens (tertiary/aromatic N) is 2. The van der Waals surface area contributed by atoms with Crippen LogP contribution < -0.4 is 0 Å². The molecule has 1 unspecified atom stereocenters. The van der Waals surface area contributed by atoms with E-state index in [4.69, 9.17) is 20.2 Å². The number of hydrogen-bond acceptors (Lipinski definition) is 5. The Morgan fingerprint density at radius 1 is 1.53 bits per heavy atom. The summed E-state index contributed by atoms with van der Waals surface area (Å²) in [6.07, 6.45) is -0.389.